The third-order valence-corrected chi connectivity index (χ3v) is 3.29. The predicted molar refractivity (Wildman–Crippen MR) is 72.5 cm³/mol. The largest absolute Gasteiger partial charge is 0.469 e. The Hall–Kier alpha value is -1.77. The number of hydrogen-bond acceptors (Lipinski definition) is 2. The minimum absolute atomic E-state index is 0.182. The number of aryl methyl sites for hydroxylation is 1. The normalized spacial score (nSPS) is 11.8. The molecule has 0 N–H and O–H groups in total. The van der Waals surface area contributed by atoms with Crippen molar-refractivity contribution < 1.29 is 9.53 Å². The van der Waals surface area contributed by atoms with Crippen molar-refractivity contribution >= 4 is 16.9 Å². The van der Waals surface area contributed by atoms with Crippen LogP contribution in [0.4, 0.5) is 0 Å². The SMILES string of the molecule is COC(=O)C(C)(C)Cn1cc(C)c2ccccc21. The lowest BCUT2D eigenvalue weighted by Gasteiger charge is -2.22. The van der Waals surface area contributed by atoms with Crippen molar-refractivity contribution in [3.63, 3.8) is 0 Å². The van der Waals surface area contributed by atoms with E-state index in [9.17, 15) is 4.79 Å². The average Bonchev–Trinajstić information content (AvgIpc) is 2.65. The summed E-state index contributed by atoms with van der Waals surface area (Å²) in [5.74, 6) is -0.182. The highest BCUT2D eigenvalue weighted by Gasteiger charge is 2.29. The number of hydrogen-bond donors (Lipinski definition) is 0. The number of fused-ring (bicyclic) bond motifs is 1. The Morgan fingerprint density at radius 1 is 1.33 bits per heavy atom. The Labute approximate surface area is 107 Å². The molecule has 0 saturated heterocycles. The molecule has 0 radical (unpaired) electrons. The zero-order valence-corrected chi connectivity index (χ0v) is 11.4. The monoisotopic (exact) mass is 245 g/mol. The van der Waals surface area contributed by atoms with Crippen LogP contribution < -0.4 is 0 Å². The molecular formula is C15H19NO2. The van der Waals surface area contributed by atoms with Gasteiger partial charge in [-0.25, -0.2) is 0 Å². The summed E-state index contributed by atoms with van der Waals surface area (Å²) in [5.41, 5.74) is 1.86. The van der Waals surface area contributed by atoms with Crippen molar-refractivity contribution in [3.8, 4) is 0 Å². The molecule has 18 heavy (non-hydrogen) atoms. The van der Waals surface area contributed by atoms with Crippen LogP contribution >= 0.6 is 0 Å². The van der Waals surface area contributed by atoms with E-state index >= 15 is 0 Å². The number of rotatable bonds is 3. The molecular weight excluding hydrogens is 226 g/mol. The number of benzene rings is 1. The molecule has 1 heterocycles. The molecule has 1 aromatic heterocycles. The van der Waals surface area contributed by atoms with Crippen LogP contribution in [0.1, 0.15) is 19.4 Å². The van der Waals surface area contributed by atoms with Gasteiger partial charge >= 0.3 is 5.97 Å². The maximum atomic E-state index is 11.7. The van der Waals surface area contributed by atoms with E-state index in [1.54, 1.807) is 0 Å². The van der Waals surface area contributed by atoms with Gasteiger partial charge in [-0.05, 0) is 32.4 Å². The van der Waals surface area contributed by atoms with Crippen molar-refractivity contribution in [3.05, 3.63) is 36.0 Å². The summed E-state index contributed by atoms with van der Waals surface area (Å²) in [7, 11) is 1.43. The highest BCUT2D eigenvalue weighted by Crippen LogP contribution is 2.26. The van der Waals surface area contributed by atoms with Gasteiger partial charge in [0.05, 0.1) is 12.5 Å². The highest BCUT2D eigenvalue weighted by molar-refractivity contribution is 5.84. The Morgan fingerprint density at radius 3 is 2.67 bits per heavy atom. The lowest BCUT2D eigenvalue weighted by molar-refractivity contribution is -0.151. The smallest absolute Gasteiger partial charge is 0.313 e. The molecule has 0 saturated carbocycles. The van der Waals surface area contributed by atoms with Crippen molar-refractivity contribution in [2.24, 2.45) is 5.41 Å². The van der Waals surface area contributed by atoms with Gasteiger partial charge in [0, 0.05) is 23.6 Å². The first-order chi connectivity index (χ1) is 8.45. The maximum absolute atomic E-state index is 11.7. The average molecular weight is 245 g/mol. The summed E-state index contributed by atoms with van der Waals surface area (Å²) in [6, 6.07) is 8.23. The van der Waals surface area contributed by atoms with E-state index in [1.165, 1.54) is 18.1 Å². The number of esters is 1. The molecule has 0 aliphatic heterocycles. The van der Waals surface area contributed by atoms with Crippen molar-refractivity contribution in [1.29, 1.82) is 0 Å². The number of nitrogens with zero attached hydrogens (tertiary/aromatic N) is 1. The van der Waals surface area contributed by atoms with Crippen molar-refractivity contribution in [1.82, 2.24) is 4.57 Å². The molecule has 96 valence electrons. The summed E-state index contributed by atoms with van der Waals surface area (Å²) >= 11 is 0. The lowest BCUT2D eigenvalue weighted by atomic mass is 9.93. The first kappa shape index (κ1) is 12.7. The molecule has 0 fully saturated rings. The molecule has 3 heteroatoms. The quantitative estimate of drug-likeness (QED) is 0.778. The van der Waals surface area contributed by atoms with Gasteiger partial charge in [0.25, 0.3) is 0 Å². The van der Waals surface area contributed by atoms with E-state index in [4.69, 9.17) is 4.74 Å². The second-order valence-corrected chi connectivity index (χ2v) is 5.33. The molecule has 1 aromatic carbocycles. The van der Waals surface area contributed by atoms with Crippen LogP contribution in [-0.2, 0) is 16.1 Å². The predicted octanol–water partition coefficient (Wildman–Crippen LogP) is 3.15. The lowest BCUT2D eigenvalue weighted by Crippen LogP contribution is -2.30. The fourth-order valence-electron chi connectivity index (χ4n) is 2.33. The van der Waals surface area contributed by atoms with Gasteiger partial charge in [0.15, 0.2) is 0 Å². The number of aromatic nitrogens is 1. The summed E-state index contributed by atoms with van der Waals surface area (Å²) < 4.78 is 6.98. The number of methoxy groups -OCH3 is 1. The van der Waals surface area contributed by atoms with E-state index in [0.717, 1.165) is 5.52 Å². The molecule has 0 aliphatic carbocycles. The molecule has 0 unspecified atom stereocenters. The zero-order chi connectivity index (χ0) is 13.3. The van der Waals surface area contributed by atoms with Crippen LogP contribution in [-0.4, -0.2) is 17.6 Å². The van der Waals surface area contributed by atoms with E-state index < -0.39 is 5.41 Å². The van der Waals surface area contributed by atoms with E-state index in [0.29, 0.717) is 6.54 Å². The van der Waals surface area contributed by atoms with Gasteiger partial charge in [-0.3, -0.25) is 4.79 Å². The van der Waals surface area contributed by atoms with Crippen LogP contribution in [0.15, 0.2) is 30.5 Å². The topological polar surface area (TPSA) is 31.2 Å². The summed E-state index contributed by atoms with van der Waals surface area (Å²) in [4.78, 5) is 11.7. The fraction of sp³-hybridized carbons (Fsp3) is 0.400. The van der Waals surface area contributed by atoms with Crippen molar-refractivity contribution in [2.45, 2.75) is 27.3 Å². The van der Waals surface area contributed by atoms with Crippen LogP contribution in [0.3, 0.4) is 0 Å². The molecule has 0 aliphatic rings. The molecule has 0 amide bonds. The standard InChI is InChI=1S/C15H19NO2/c1-11-9-16(10-15(2,3)14(17)18-4)13-8-6-5-7-12(11)13/h5-9H,10H2,1-4H3. The van der Waals surface area contributed by atoms with Crippen molar-refractivity contribution in [2.75, 3.05) is 7.11 Å². The van der Waals surface area contributed by atoms with Crippen LogP contribution in [0, 0.1) is 12.3 Å². The van der Waals surface area contributed by atoms with Crippen LogP contribution in [0.25, 0.3) is 10.9 Å². The minimum atomic E-state index is -0.525. The maximum Gasteiger partial charge on any atom is 0.313 e. The number of carbonyl (C=O) groups excluding carboxylic acids is 1. The number of para-hydroxylation sites is 1. The van der Waals surface area contributed by atoms with E-state index in [1.807, 2.05) is 26.0 Å². The first-order valence-electron chi connectivity index (χ1n) is 6.08. The Kier molecular flexibility index (Phi) is 3.16. The molecule has 0 spiro atoms. The zero-order valence-electron chi connectivity index (χ0n) is 11.4. The molecule has 0 atom stereocenters. The second kappa shape index (κ2) is 4.48. The van der Waals surface area contributed by atoms with Gasteiger partial charge in [0.1, 0.15) is 0 Å². The van der Waals surface area contributed by atoms with Gasteiger partial charge in [0.2, 0.25) is 0 Å². The molecule has 2 aromatic rings. The molecule has 2 rings (SSSR count). The Bertz CT molecular complexity index is 581. The van der Waals surface area contributed by atoms with Gasteiger partial charge in [-0.1, -0.05) is 18.2 Å². The second-order valence-electron chi connectivity index (χ2n) is 5.33. The highest BCUT2D eigenvalue weighted by atomic mass is 16.5. The third-order valence-electron chi connectivity index (χ3n) is 3.29. The number of ether oxygens (including phenoxy) is 1. The third kappa shape index (κ3) is 2.13. The fourth-order valence-corrected chi connectivity index (χ4v) is 2.33. The molecule has 0 bridgehead atoms. The molecule has 3 nitrogen and oxygen atoms in total. The Morgan fingerprint density at radius 2 is 2.00 bits per heavy atom. The first-order valence-corrected chi connectivity index (χ1v) is 6.08. The summed E-state index contributed by atoms with van der Waals surface area (Å²) in [6.45, 7) is 6.52. The van der Waals surface area contributed by atoms with E-state index in [-0.39, 0.29) is 5.97 Å². The summed E-state index contributed by atoms with van der Waals surface area (Å²) in [6.07, 6.45) is 2.09. The van der Waals surface area contributed by atoms with Crippen LogP contribution in [0.2, 0.25) is 0 Å². The Balaban J connectivity index is 2.41. The van der Waals surface area contributed by atoms with Gasteiger partial charge < -0.3 is 9.30 Å². The number of carbonyl (C=O) groups is 1. The van der Waals surface area contributed by atoms with E-state index in [2.05, 4.69) is 29.8 Å². The summed E-state index contributed by atoms with van der Waals surface area (Å²) in [5, 5.41) is 1.23. The minimum Gasteiger partial charge on any atom is -0.469 e. The van der Waals surface area contributed by atoms with Crippen LogP contribution in [0.5, 0.6) is 0 Å². The van der Waals surface area contributed by atoms with Gasteiger partial charge in [-0.2, -0.15) is 0 Å². The van der Waals surface area contributed by atoms with Gasteiger partial charge in [-0.15, -0.1) is 0 Å².